The predicted molar refractivity (Wildman–Crippen MR) is 86.5 cm³/mol. The van der Waals surface area contributed by atoms with Gasteiger partial charge >= 0.3 is 0 Å². The number of ketones is 2. The number of nitrogens with zero attached hydrogens (tertiary/aromatic N) is 2. The fourth-order valence-corrected chi connectivity index (χ4v) is 3.22. The molecule has 0 saturated heterocycles. The summed E-state index contributed by atoms with van der Waals surface area (Å²) >= 11 is 0. The highest BCUT2D eigenvalue weighted by Crippen LogP contribution is 2.40. The van der Waals surface area contributed by atoms with E-state index in [9.17, 15) is 19.7 Å². The van der Waals surface area contributed by atoms with E-state index in [4.69, 9.17) is 0 Å². The zero-order valence-corrected chi connectivity index (χ0v) is 13.5. The quantitative estimate of drug-likeness (QED) is 0.630. The Morgan fingerprint density at radius 1 is 1.22 bits per heavy atom. The number of allylic oxidation sites excluding steroid dienone is 2. The van der Waals surface area contributed by atoms with Crippen LogP contribution >= 0.6 is 0 Å². The summed E-state index contributed by atoms with van der Waals surface area (Å²) in [7, 11) is 0. The third-order valence-electron chi connectivity index (χ3n) is 4.09. The fourth-order valence-electron chi connectivity index (χ4n) is 3.22. The number of non-ortho nitro benzene ring substituents is 1. The van der Waals surface area contributed by atoms with Gasteiger partial charge in [0.25, 0.3) is 5.69 Å². The molecule has 0 spiro atoms. The molecule has 1 aromatic rings. The number of benzene rings is 1. The number of rotatable bonds is 4. The summed E-state index contributed by atoms with van der Waals surface area (Å²) in [5.41, 5.74) is 2.14. The Morgan fingerprint density at radius 2 is 1.87 bits per heavy atom. The maximum absolute atomic E-state index is 12.1. The summed E-state index contributed by atoms with van der Waals surface area (Å²) < 4.78 is 0. The van der Waals surface area contributed by atoms with Crippen molar-refractivity contribution in [2.45, 2.75) is 33.6 Å². The van der Waals surface area contributed by atoms with Gasteiger partial charge in [0.05, 0.1) is 10.8 Å². The molecule has 1 heterocycles. The summed E-state index contributed by atoms with van der Waals surface area (Å²) in [4.78, 5) is 39.1. The molecule has 23 heavy (non-hydrogen) atoms. The van der Waals surface area contributed by atoms with Crippen molar-refractivity contribution in [3.63, 3.8) is 0 Å². The Hall–Kier alpha value is -2.63. The molecule has 0 bridgehead atoms. The van der Waals surface area contributed by atoms with Gasteiger partial charge in [0.15, 0.2) is 5.78 Å². The maximum Gasteiger partial charge on any atom is 0.269 e. The number of Topliss-reactive ketones (excluding diaryl/α,β-unsaturated/α-hetero) is 2. The van der Waals surface area contributed by atoms with Gasteiger partial charge in [0.2, 0.25) is 0 Å². The zero-order valence-electron chi connectivity index (χ0n) is 13.5. The lowest BCUT2D eigenvalue weighted by atomic mass is 9.73. The van der Waals surface area contributed by atoms with Crippen LogP contribution in [0.2, 0.25) is 0 Å². The third-order valence-corrected chi connectivity index (χ3v) is 4.09. The number of nitro benzene ring substituents is 1. The van der Waals surface area contributed by atoms with Crippen LogP contribution in [0.5, 0.6) is 0 Å². The van der Waals surface area contributed by atoms with E-state index in [-0.39, 0.29) is 17.3 Å². The van der Waals surface area contributed by atoms with Crippen LogP contribution in [0.1, 0.15) is 39.2 Å². The first kappa shape index (κ1) is 16.7. The van der Waals surface area contributed by atoms with Crippen LogP contribution in [0.3, 0.4) is 0 Å². The molecule has 0 amide bonds. The molecule has 2 atom stereocenters. The second kappa shape index (κ2) is 6.24. The average molecular weight is 314 g/mol. The summed E-state index contributed by atoms with van der Waals surface area (Å²) in [6.07, 6.45) is 0. The Kier molecular flexibility index (Phi) is 4.54. The molecule has 120 valence electrons. The van der Waals surface area contributed by atoms with Crippen molar-refractivity contribution in [2.24, 2.45) is 10.9 Å². The normalized spacial score (nSPS) is 21.0. The standard InChI is InChI=1S/C17H18N2O4/c1-9-15(11(3)20)17(16(12(4)21)10(2)18-9)13-6-5-7-14(8-13)19(22)23/h5-8,15,17H,1-4H3/t15?,17-/m0/s1. The Bertz CT molecular complexity index is 762. The molecule has 0 aliphatic carbocycles. The van der Waals surface area contributed by atoms with E-state index >= 15 is 0 Å². The molecular formula is C17H18N2O4. The van der Waals surface area contributed by atoms with Crippen molar-refractivity contribution < 1.29 is 14.5 Å². The molecule has 1 aromatic carbocycles. The third kappa shape index (κ3) is 3.11. The summed E-state index contributed by atoms with van der Waals surface area (Å²) in [6, 6.07) is 6.09. The Balaban J connectivity index is 2.69. The number of hydrogen-bond donors (Lipinski definition) is 0. The highest BCUT2D eigenvalue weighted by molar-refractivity contribution is 6.09. The minimum Gasteiger partial charge on any atom is -0.299 e. The first-order valence-electron chi connectivity index (χ1n) is 7.25. The van der Waals surface area contributed by atoms with Crippen LogP contribution in [0.25, 0.3) is 0 Å². The molecule has 0 saturated carbocycles. The molecule has 0 fully saturated rings. The first-order chi connectivity index (χ1) is 10.7. The number of hydrogen-bond acceptors (Lipinski definition) is 5. The molecule has 6 nitrogen and oxygen atoms in total. The van der Waals surface area contributed by atoms with Gasteiger partial charge in [-0.25, -0.2) is 0 Å². The lowest BCUT2D eigenvalue weighted by Crippen LogP contribution is -2.33. The Labute approximate surface area is 134 Å². The van der Waals surface area contributed by atoms with Crippen LogP contribution in [-0.2, 0) is 9.59 Å². The molecule has 0 aromatic heterocycles. The van der Waals surface area contributed by atoms with E-state index in [0.29, 0.717) is 22.5 Å². The monoisotopic (exact) mass is 314 g/mol. The van der Waals surface area contributed by atoms with Crippen LogP contribution < -0.4 is 0 Å². The second-order valence-corrected chi connectivity index (χ2v) is 5.73. The molecule has 1 unspecified atom stereocenters. The van der Waals surface area contributed by atoms with Crippen molar-refractivity contribution in [3.8, 4) is 0 Å². The van der Waals surface area contributed by atoms with E-state index in [1.54, 1.807) is 26.0 Å². The maximum atomic E-state index is 12.1. The van der Waals surface area contributed by atoms with Crippen LogP contribution in [0.4, 0.5) is 5.69 Å². The Morgan fingerprint density at radius 3 is 2.39 bits per heavy atom. The van der Waals surface area contributed by atoms with Gasteiger partial charge < -0.3 is 0 Å². The predicted octanol–water partition coefficient (Wildman–Crippen LogP) is 3.22. The minimum absolute atomic E-state index is 0.0643. The largest absolute Gasteiger partial charge is 0.299 e. The molecule has 1 aliphatic heterocycles. The van der Waals surface area contributed by atoms with Gasteiger partial charge in [-0.05, 0) is 33.3 Å². The van der Waals surface area contributed by atoms with E-state index in [1.165, 1.54) is 26.0 Å². The van der Waals surface area contributed by atoms with Gasteiger partial charge in [-0.1, -0.05) is 12.1 Å². The number of nitro groups is 1. The van der Waals surface area contributed by atoms with Gasteiger partial charge in [0.1, 0.15) is 5.78 Å². The highest BCUT2D eigenvalue weighted by atomic mass is 16.6. The van der Waals surface area contributed by atoms with Crippen LogP contribution in [0.15, 0.2) is 40.5 Å². The average Bonchev–Trinajstić information content (AvgIpc) is 2.45. The molecule has 0 N–H and O–H groups in total. The van der Waals surface area contributed by atoms with E-state index in [1.807, 2.05) is 0 Å². The van der Waals surface area contributed by atoms with Crippen LogP contribution in [-0.4, -0.2) is 22.2 Å². The number of aliphatic imine (C=N–C) groups is 1. The van der Waals surface area contributed by atoms with E-state index in [0.717, 1.165) is 0 Å². The summed E-state index contributed by atoms with van der Waals surface area (Å²) in [6.45, 7) is 6.35. The van der Waals surface area contributed by atoms with E-state index < -0.39 is 16.8 Å². The number of carbonyl (C=O) groups is 2. The molecular weight excluding hydrogens is 296 g/mol. The number of carbonyl (C=O) groups excluding carboxylic acids is 2. The van der Waals surface area contributed by atoms with Crippen molar-refractivity contribution >= 4 is 23.0 Å². The fraction of sp³-hybridized carbons (Fsp3) is 0.353. The van der Waals surface area contributed by atoms with E-state index in [2.05, 4.69) is 4.99 Å². The topological polar surface area (TPSA) is 89.6 Å². The zero-order chi connectivity index (χ0) is 17.3. The van der Waals surface area contributed by atoms with Crippen molar-refractivity contribution in [1.82, 2.24) is 0 Å². The van der Waals surface area contributed by atoms with Gasteiger partial charge in [-0.3, -0.25) is 24.7 Å². The molecule has 0 radical (unpaired) electrons. The SMILES string of the molecule is CC(=O)C1=C(C)N=C(C)C(C(C)=O)[C@@H]1c1cccc([N+](=O)[O-])c1. The van der Waals surface area contributed by atoms with Gasteiger partial charge in [-0.15, -0.1) is 0 Å². The van der Waals surface area contributed by atoms with Crippen molar-refractivity contribution in [2.75, 3.05) is 0 Å². The lowest BCUT2D eigenvalue weighted by Gasteiger charge is -2.31. The van der Waals surface area contributed by atoms with Crippen LogP contribution in [0, 0.1) is 16.0 Å². The summed E-state index contributed by atoms with van der Waals surface area (Å²) in [5.74, 6) is -1.42. The van der Waals surface area contributed by atoms with Crippen molar-refractivity contribution in [1.29, 1.82) is 0 Å². The smallest absolute Gasteiger partial charge is 0.269 e. The summed E-state index contributed by atoms with van der Waals surface area (Å²) in [5, 5.41) is 11.0. The minimum atomic E-state index is -0.584. The van der Waals surface area contributed by atoms with Crippen molar-refractivity contribution in [3.05, 3.63) is 51.2 Å². The first-order valence-corrected chi connectivity index (χ1v) is 7.25. The molecule has 1 aliphatic rings. The molecule has 6 heteroatoms. The molecule has 2 rings (SSSR count). The van der Waals surface area contributed by atoms with Gasteiger partial charge in [-0.2, -0.15) is 0 Å². The van der Waals surface area contributed by atoms with Gasteiger partial charge in [0, 0.05) is 35.0 Å². The highest BCUT2D eigenvalue weighted by Gasteiger charge is 2.38. The lowest BCUT2D eigenvalue weighted by molar-refractivity contribution is -0.384. The second-order valence-electron chi connectivity index (χ2n) is 5.73.